The molecule has 1 unspecified atom stereocenters. The Balaban J connectivity index is 1.81. The van der Waals surface area contributed by atoms with Gasteiger partial charge in [0.1, 0.15) is 11.6 Å². The molecule has 2 rings (SSSR count). The summed E-state index contributed by atoms with van der Waals surface area (Å²) in [5.74, 6) is -1.15. The Hall–Kier alpha value is -1.04. The molecule has 1 saturated heterocycles. The molecule has 1 aliphatic rings. The Morgan fingerprint density at radius 2 is 2.12 bits per heavy atom. The highest BCUT2D eigenvalue weighted by Crippen LogP contribution is 2.13. The molecule has 0 spiro atoms. The molecule has 0 aliphatic carbocycles. The minimum atomic E-state index is -0.576. The van der Waals surface area contributed by atoms with E-state index in [2.05, 4.69) is 5.32 Å². The Morgan fingerprint density at radius 3 is 2.76 bits per heavy atom. The minimum Gasteiger partial charge on any atom is -0.374 e. The summed E-state index contributed by atoms with van der Waals surface area (Å²) >= 11 is 0. The maximum absolute atomic E-state index is 13.3. The SMILES string of the molecule is Fc1cccc(F)c1COCC1CNCCO1. The average Bonchev–Trinajstić information content (AvgIpc) is 2.34. The Bertz CT molecular complexity index is 347. The van der Waals surface area contributed by atoms with E-state index < -0.39 is 11.6 Å². The van der Waals surface area contributed by atoms with E-state index in [0.29, 0.717) is 19.8 Å². The quantitative estimate of drug-likeness (QED) is 0.868. The second kappa shape index (κ2) is 6.05. The van der Waals surface area contributed by atoms with Crippen molar-refractivity contribution < 1.29 is 18.3 Å². The Morgan fingerprint density at radius 1 is 1.35 bits per heavy atom. The van der Waals surface area contributed by atoms with Crippen molar-refractivity contribution >= 4 is 0 Å². The van der Waals surface area contributed by atoms with Gasteiger partial charge in [0.05, 0.1) is 25.9 Å². The summed E-state index contributed by atoms with van der Waals surface area (Å²) in [6.45, 7) is 2.44. The summed E-state index contributed by atoms with van der Waals surface area (Å²) < 4.78 is 37.2. The molecule has 1 fully saturated rings. The first-order valence-corrected chi connectivity index (χ1v) is 5.60. The predicted octanol–water partition coefficient (Wildman–Crippen LogP) is 1.47. The standard InChI is InChI=1S/C12H15F2NO2/c13-11-2-1-3-12(14)10(11)8-16-7-9-6-15-4-5-17-9/h1-3,9,15H,4-8H2. The number of halogens is 2. The fourth-order valence-electron chi connectivity index (χ4n) is 1.69. The van der Waals surface area contributed by atoms with Crippen LogP contribution in [-0.4, -0.2) is 32.4 Å². The van der Waals surface area contributed by atoms with Gasteiger partial charge in [0.25, 0.3) is 0 Å². The van der Waals surface area contributed by atoms with Gasteiger partial charge in [0.15, 0.2) is 0 Å². The zero-order valence-corrected chi connectivity index (χ0v) is 9.42. The van der Waals surface area contributed by atoms with E-state index in [4.69, 9.17) is 9.47 Å². The lowest BCUT2D eigenvalue weighted by Gasteiger charge is -2.23. The molecule has 0 radical (unpaired) electrons. The minimum absolute atomic E-state index is 0.0312. The van der Waals surface area contributed by atoms with Crippen molar-refractivity contribution in [2.75, 3.05) is 26.3 Å². The van der Waals surface area contributed by atoms with Crippen molar-refractivity contribution in [3.8, 4) is 0 Å². The fourth-order valence-corrected chi connectivity index (χ4v) is 1.69. The molecule has 94 valence electrons. The van der Waals surface area contributed by atoms with Crippen LogP contribution in [0.3, 0.4) is 0 Å². The summed E-state index contributed by atoms with van der Waals surface area (Å²) in [6, 6.07) is 3.78. The van der Waals surface area contributed by atoms with Gasteiger partial charge in [-0.05, 0) is 12.1 Å². The van der Waals surface area contributed by atoms with Gasteiger partial charge < -0.3 is 14.8 Å². The fraction of sp³-hybridized carbons (Fsp3) is 0.500. The third kappa shape index (κ3) is 3.46. The van der Waals surface area contributed by atoms with Crippen molar-refractivity contribution in [3.63, 3.8) is 0 Å². The topological polar surface area (TPSA) is 30.5 Å². The van der Waals surface area contributed by atoms with Crippen LogP contribution in [0, 0.1) is 11.6 Å². The van der Waals surface area contributed by atoms with Crippen LogP contribution in [0.15, 0.2) is 18.2 Å². The Kier molecular flexibility index (Phi) is 4.42. The molecule has 1 heterocycles. The zero-order chi connectivity index (χ0) is 12.1. The molecular weight excluding hydrogens is 228 g/mol. The van der Waals surface area contributed by atoms with Gasteiger partial charge >= 0.3 is 0 Å². The maximum atomic E-state index is 13.3. The van der Waals surface area contributed by atoms with Crippen molar-refractivity contribution in [1.82, 2.24) is 5.32 Å². The second-order valence-corrected chi connectivity index (χ2v) is 3.91. The van der Waals surface area contributed by atoms with Crippen LogP contribution in [0.5, 0.6) is 0 Å². The van der Waals surface area contributed by atoms with Crippen molar-refractivity contribution in [2.45, 2.75) is 12.7 Å². The van der Waals surface area contributed by atoms with Gasteiger partial charge in [-0.25, -0.2) is 8.78 Å². The molecule has 0 bridgehead atoms. The van der Waals surface area contributed by atoms with E-state index in [1.807, 2.05) is 0 Å². The highest BCUT2D eigenvalue weighted by Gasteiger charge is 2.14. The first-order chi connectivity index (χ1) is 8.27. The third-order valence-electron chi connectivity index (χ3n) is 2.62. The number of hydrogen-bond donors (Lipinski definition) is 1. The number of ether oxygens (including phenoxy) is 2. The molecule has 17 heavy (non-hydrogen) atoms. The van der Waals surface area contributed by atoms with Gasteiger partial charge in [0.2, 0.25) is 0 Å². The van der Waals surface area contributed by atoms with Gasteiger partial charge in [-0.1, -0.05) is 6.07 Å². The largest absolute Gasteiger partial charge is 0.374 e. The van der Waals surface area contributed by atoms with Gasteiger partial charge in [-0.3, -0.25) is 0 Å². The molecule has 0 saturated carbocycles. The summed E-state index contributed by atoms with van der Waals surface area (Å²) in [6.07, 6.45) is -0.0430. The van der Waals surface area contributed by atoms with Gasteiger partial charge in [-0.2, -0.15) is 0 Å². The van der Waals surface area contributed by atoms with E-state index >= 15 is 0 Å². The molecular formula is C12H15F2NO2. The van der Waals surface area contributed by atoms with Crippen LogP contribution < -0.4 is 5.32 Å². The third-order valence-corrected chi connectivity index (χ3v) is 2.62. The first-order valence-electron chi connectivity index (χ1n) is 5.60. The molecule has 3 nitrogen and oxygen atoms in total. The van der Waals surface area contributed by atoms with Gasteiger partial charge in [0, 0.05) is 18.7 Å². The highest BCUT2D eigenvalue weighted by molar-refractivity contribution is 5.18. The first kappa shape index (κ1) is 12.4. The maximum Gasteiger partial charge on any atom is 0.131 e. The lowest BCUT2D eigenvalue weighted by Crippen LogP contribution is -2.41. The summed E-state index contributed by atoms with van der Waals surface area (Å²) in [5, 5.41) is 3.15. The van der Waals surface area contributed by atoms with Crippen LogP contribution in [0.1, 0.15) is 5.56 Å². The van der Waals surface area contributed by atoms with E-state index in [-0.39, 0.29) is 18.3 Å². The second-order valence-electron chi connectivity index (χ2n) is 3.91. The summed E-state index contributed by atoms with van der Waals surface area (Å²) in [5.41, 5.74) is -0.0312. The monoisotopic (exact) mass is 243 g/mol. The van der Waals surface area contributed by atoms with E-state index in [1.54, 1.807) is 0 Å². The lowest BCUT2D eigenvalue weighted by atomic mass is 10.2. The normalized spacial score (nSPS) is 20.5. The number of morpholine rings is 1. The molecule has 0 amide bonds. The Labute approximate surface area is 98.7 Å². The molecule has 1 N–H and O–H groups in total. The van der Waals surface area contributed by atoms with Crippen molar-refractivity contribution in [2.24, 2.45) is 0 Å². The number of hydrogen-bond acceptors (Lipinski definition) is 3. The lowest BCUT2D eigenvalue weighted by molar-refractivity contribution is -0.0366. The molecule has 0 aromatic heterocycles. The summed E-state index contributed by atoms with van der Waals surface area (Å²) in [7, 11) is 0. The van der Waals surface area contributed by atoms with E-state index in [9.17, 15) is 8.78 Å². The number of rotatable bonds is 4. The summed E-state index contributed by atoms with van der Waals surface area (Å²) in [4.78, 5) is 0. The van der Waals surface area contributed by atoms with Crippen molar-refractivity contribution in [1.29, 1.82) is 0 Å². The average molecular weight is 243 g/mol. The number of benzene rings is 1. The highest BCUT2D eigenvalue weighted by atomic mass is 19.1. The number of nitrogens with one attached hydrogen (secondary N) is 1. The van der Waals surface area contributed by atoms with Crippen LogP contribution in [-0.2, 0) is 16.1 Å². The molecule has 5 heteroatoms. The van der Waals surface area contributed by atoms with Gasteiger partial charge in [-0.15, -0.1) is 0 Å². The zero-order valence-electron chi connectivity index (χ0n) is 9.42. The van der Waals surface area contributed by atoms with Crippen LogP contribution in [0.4, 0.5) is 8.78 Å². The van der Waals surface area contributed by atoms with E-state index in [0.717, 1.165) is 6.54 Å². The molecule has 1 atom stereocenters. The van der Waals surface area contributed by atoms with Crippen LogP contribution >= 0.6 is 0 Å². The molecule has 1 aromatic rings. The molecule has 1 aromatic carbocycles. The van der Waals surface area contributed by atoms with Crippen LogP contribution in [0.25, 0.3) is 0 Å². The molecule has 1 aliphatic heterocycles. The van der Waals surface area contributed by atoms with Crippen LogP contribution in [0.2, 0.25) is 0 Å². The smallest absolute Gasteiger partial charge is 0.131 e. The predicted molar refractivity (Wildman–Crippen MR) is 58.6 cm³/mol. The van der Waals surface area contributed by atoms with E-state index in [1.165, 1.54) is 18.2 Å². The van der Waals surface area contributed by atoms with Crippen molar-refractivity contribution in [3.05, 3.63) is 35.4 Å².